The lowest BCUT2D eigenvalue weighted by Crippen LogP contribution is -2.43. The second kappa shape index (κ2) is 17.4. The molecular formula is C49H53Cl2N7O5. The monoisotopic (exact) mass is 889 g/mol. The normalized spacial score (nSPS) is 14.1. The highest BCUT2D eigenvalue weighted by Gasteiger charge is 2.40. The van der Waals surface area contributed by atoms with Crippen LogP contribution in [0.2, 0.25) is 10.0 Å². The number of aryl methyl sites for hydroxylation is 6. The maximum Gasteiger partial charge on any atom is 0.354 e. The Morgan fingerprint density at radius 3 is 2.32 bits per heavy atom. The smallest absolute Gasteiger partial charge is 0.354 e. The van der Waals surface area contributed by atoms with Crippen molar-refractivity contribution in [3.8, 4) is 22.6 Å². The third-order valence-corrected chi connectivity index (χ3v) is 13.0. The molecule has 0 unspecified atom stereocenters. The number of amides is 1. The summed E-state index contributed by atoms with van der Waals surface area (Å²) in [5.41, 5.74) is 10.0. The van der Waals surface area contributed by atoms with Crippen molar-refractivity contribution in [1.82, 2.24) is 28.8 Å². The standard InChI is InChI=1S/C49H53Cl2N7O5/c1-27-22-35(23-28(2)43(27)51)62-20-11-14-36-37-16-17-39(50)42(41-31(5)53-55(9)32(41)6)44(37)58-30(4)25-57(48(59)46(36)58)45-38-24-34(63-21-19-54(7)8)15-18-40(38)56(47(45)49(60)61)26-33-13-10-12-29(3)52-33/h10,12-13,15-18,22-24,30H,11,14,19-21,25-26H2,1-9H3,(H,60,61)/t30-/m1/s1. The summed E-state index contributed by atoms with van der Waals surface area (Å²) in [5, 5.41) is 18.7. The summed E-state index contributed by atoms with van der Waals surface area (Å²) in [6, 6.07) is 18.8. The minimum absolute atomic E-state index is 0.00213. The molecule has 8 rings (SSSR count). The number of carboxylic acids is 1. The number of carbonyl (C=O) groups is 2. The Labute approximate surface area is 377 Å². The van der Waals surface area contributed by atoms with Crippen LogP contribution in [0.1, 0.15) is 79.8 Å². The van der Waals surface area contributed by atoms with Crippen LogP contribution < -0.4 is 14.4 Å². The number of pyridine rings is 1. The molecule has 12 nitrogen and oxygen atoms in total. The Balaban J connectivity index is 1.31. The van der Waals surface area contributed by atoms with Gasteiger partial charge in [-0.15, -0.1) is 0 Å². The highest BCUT2D eigenvalue weighted by molar-refractivity contribution is 6.35. The fraction of sp³-hybridized carbons (Fsp3) is 0.347. The van der Waals surface area contributed by atoms with E-state index in [-0.39, 0.29) is 30.7 Å². The summed E-state index contributed by atoms with van der Waals surface area (Å²) in [5.74, 6) is -0.153. The van der Waals surface area contributed by atoms with Gasteiger partial charge in [0, 0.05) is 64.5 Å². The van der Waals surface area contributed by atoms with Gasteiger partial charge < -0.3 is 33.5 Å². The Morgan fingerprint density at radius 1 is 0.921 bits per heavy atom. The van der Waals surface area contributed by atoms with E-state index < -0.39 is 5.97 Å². The van der Waals surface area contributed by atoms with E-state index in [0.717, 1.165) is 61.6 Å². The molecule has 0 aliphatic carbocycles. The van der Waals surface area contributed by atoms with E-state index >= 15 is 4.79 Å². The minimum atomic E-state index is -1.16. The summed E-state index contributed by atoms with van der Waals surface area (Å²) in [6.07, 6.45) is 1.09. The lowest BCUT2D eigenvalue weighted by molar-refractivity contribution is 0.0687. The van der Waals surface area contributed by atoms with Gasteiger partial charge in [0.05, 0.1) is 46.3 Å². The number of hydrogen-bond acceptors (Lipinski definition) is 7. The van der Waals surface area contributed by atoms with Crippen LogP contribution >= 0.6 is 23.2 Å². The van der Waals surface area contributed by atoms with Crippen LogP contribution in [-0.4, -0.2) is 86.2 Å². The van der Waals surface area contributed by atoms with Gasteiger partial charge in [0.25, 0.3) is 5.91 Å². The third kappa shape index (κ3) is 8.04. The van der Waals surface area contributed by atoms with E-state index in [1.54, 1.807) is 9.47 Å². The molecule has 0 saturated heterocycles. The van der Waals surface area contributed by atoms with Crippen LogP contribution in [0.15, 0.2) is 60.7 Å². The molecule has 1 amide bonds. The molecule has 1 N–H and O–H groups in total. The second-order valence-electron chi connectivity index (χ2n) is 17.0. The predicted molar refractivity (Wildman–Crippen MR) is 251 cm³/mol. The Hall–Kier alpha value is -5.82. The van der Waals surface area contributed by atoms with Gasteiger partial charge in [-0.05, 0) is 134 Å². The molecule has 7 aromatic rings. The molecule has 0 radical (unpaired) electrons. The fourth-order valence-electron chi connectivity index (χ4n) is 9.18. The second-order valence-corrected chi connectivity index (χ2v) is 17.7. The number of aromatic nitrogens is 5. The van der Waals surface area contributed by atoms with Crippen LogP contribution in [0.3, 0.4) is 0 Å². The zero-order valence-corrected chi connectivity index (χ0v) is 38.8. The summed E-state index contributed by atoms with van der Waals surface area (Å²) in [6.45, 7) is 13.8. The average Bonchev–Trinajstić information content (AvgIpc) is 3.82. The molecule has 3 aromatic carbocycles. The zero-order chi connectivity index (χ0) is 45.0. The van der Waals surface area contributed by atoms with Gasteiger partial charge in [0.2, 0.25) is 0 Å². The molecule has 1 aliphatic heterocycles. The van der Waals surface area contributed by atoms with E-state index in [9.17, 15) is 9.90 Å². The molecule has 0 bridgehead atoms. The maximum atomic E-state index is 15.7. The van der Waals surface area contributed by atoms with Crippen LogP contribution in [0.4, 0.5) is 5.69 Å². The van der Waals surface area contributed by atoms with Crippen LogP contribution in [0.5, 0.6) is 11.5 Å². The number of aromatic carboxylic acids is 1. The first kappa shape index (κ1) is 43.8. The van der Waals surface area contributed by atoms with Crippen molar-refractivity contribution in [2.75, 3.05) is 45.3 Å². The number of benzene rings is 3. The highest BCUT2D eigenvalue weighted by atomic mass is 35.5. The van der Waals surface area contributed by atoms with E-state index in [0.29, 0.717) is 76.4 Å². The molecule has 14 heteroatoms. The van der Waals surface area contributed by atoms with Crippen LogP contribution in [-0.2, 0) is 20.0 Å². The van der Waals surface area contributed by atoms with Gasteiger partial charge in [0.1, 0.15) is 23.8 Å². The molecule has 0 fully saturated rings. The Bertz CT molecular complexity index is 2920. The lowest BCUT2D eigenvalue weighted by atomic mass is 9.98. The maximum absolute atomic E-state index is 15.7. The predicted octanol–water partition coefficient (Wildman–Crippen LogP) is 10.2. The number of nitrogens with zero attached hydrogens (tertiary/aromatic N) is 7. The Kier molecular flexibility index (Phi) is 12.1. The first-order chi connectivity index (χ1) is 30.0. The topological polar surface area (TPSA) is 120 Å². The lowest BCUT2D eigenvalue weighted by Gasteiger charge is -2.34. The number of halogens is 2. The number of carbonyl (C=O) groups excluding carboxylic acids is 1. The van der Waals surface area contributed by atoms with E-state index in [1.165, 1.54) is 0 Å². The van der Waals surface area contributed by atoms with Crippen LogP contribution in [0, 0.1) is 34.6 Å². The van der Waals surface area contributed by atoms with E-state index in [1.807, 2.05) is 126 Å². The molecule has 328 valence electrons. The summed E-state index contributed by atoms with van der Waals surface area (Å²) in [4.78, 5) is 37.8. The van der Waals surface area contributed by atoms with Gasteiger partial charge in [-0.3, -0.25) is 14.5 Å². The van der Waals surface area contributed by atoms with Gasteiger partial charge in [0.15, 0.2) is 5.69 Å². The van der Waals surface area contributed by atoms with Gasteiger partial charge in [-0.2, -0.15) is 5.10 Å². The molecule has 63 heavy (non-hydrogen) atoms. The molecule has 0 saturated carbocycles. The van der Waals surface area contributed by atoms with Crippen molar-refractivity contribution in [1.29, 1.82) is 0 Å². The van der Waals surface area contributed by atoms with Crippen molar-refractivity contribution in [3.63, 3.8) is 0 Å². The average molecular weight is 891 g/mol. The summed E-state index contributed by atoms with van der Waals surface area (Å²) >= 11 is 13.6. The number of likely N-dealkylation sites (N-methyl/N-ethyl adjacent to an activating group) is 1. The SMILES string of the molecule is Cc1cccc(Cn2c(C(=O)O)c(N3C[C@@H](C)n4c(c(CCCOc5cc(C)c(Cl)c(C)c5)c5ccc(Cl)c(-c6c(C)nn(C)c6C)c54)C3=O)c3cc(OCCN(C)C)ccc32)n1. The largest absolute Gasteiger partial charge is 0.494 e. The van der Waals surface area contributed by atoms with Crippen LogP contribution in [0.25, 0.3) is 32.9 Å². The minimum Gasteiger partial charge on any atom is -0.494 e. The molecule has 0 spiro atoms. The van der Waals surface area contributed by atoms with Gasteiger partial charge >= 0.3 is 5.97 Å². The number of hydrogen-bond donors (Lipinski definition) is 1. The van der Waals surface area contributed by atoms with Crippen molar-refractivity contribution in [2.45, 2.75) is 67.0 Å². The van der Waals surface area contributed by atoms with Gasteiger partial charge in [-0.25, -0.2) is 4.79 Å². The van der Waals surface area contributed by atoms with Crippen molar-refractivity contribution < 1.29 is 24.2 Å². The molecular weight excluding hydrogens is 837 g/mol. The quantitative estimate of drug-likeness (QED) is 0.107. The van der Waals surface area contributed by atoms with Crippen molar-refractivity contribution in [3.05, 3.63) is 122 Å². The molecule has 5 heterocycles. The molecule has 4 aromatic heterocycles. The highest BCUT2D eigenvalue weighted by Crippen LogP contribution is 2.47. The number of anilines is 1. The summed E-state index contributed by atoms with van der Waals surface area (Å²) in [7, 11) is 5.87. The van der Waals surface area contributed by atoms with E-state index in [4.69, 9.17) is 42.8 Å². The first-order valence-corrected chi connectivity index (χ1v) is 22.0. The summed E-state index contributed by atoms with van der Waals surface area (Å²) < 4.78 is 18.2. The van der Waals surface area contributed by atoms with Gasteiger partial charge in [-0.1, -0.05) is 35.3 Å². The Morgan fingerprint density at radius 2 is 1.65 bits per heavy atom. The number of rotatable bonds is 14. The van der Waals surface area contributed by atoms with Crippen molar-refractivity contribution in [2.24, 2.45) is 7.05 Å². The third-order valence-electron chi connectivity index (χ3n) is 12.1. The number of ether oxygens (including phenoxy) is 2. The molecule has 1 aliphatic rings. The first-order valence-electron chi connectivity index (χ1n) is 21.2. The number of carboxylic acid groups (broad SMARTS) is 1. The molecule has 1 atom stereocenters. The van der Waals surface area contributed by atoms with E-state index in [2.05, 4.69) is 11.5 Å². The van der Waals surface area contributed by atoms with Crippen molar-refractivity contribution >= 4 is 62.6 Å². The number of fused-ring (bicyclic) bond motifs is 4. The fourth-order valence-corrected chi connectivity index (χ4v) is 9.53. The zero-order valence-electron chi connectivity index (χ0n) is 37.3.